The Bertz CT molecular complexity index is 822. The molecule has 118 valence electrons. The third-order valence-corrected chi connectivity index (χ3v) is 4.00. The van der Waals surface area contributed by atoms with Crippen LogP contribution in [0.3, 0.4) is 0 Å². The molecule has 1 unspecified atom stereocenters. The first-order valence-corrected chi connectivity index (χ1v) is 7.89. The van der Waals surface area contributed by atoms with Crippen molar-refractivity contribution in [3.63, 3.8) is 0 Å². The molecule has 1 aliphatic rings. The number of rotatable bonds is 3. The van der Waals surface area contributed by atoms with Crippen molar-refractivity contribution in [3.05, 3.63) is 42.4 Å². The summed E-state index contributed by atoms with van der Waals surface area (Å²) in [6.07, 6.45) is 4.40. The molecule has 1 aromatic carbocycles. The van der Waals surface area contributed by atoms with Crippen molar-refractivity contribution in [2.45, 2.75) is 32.5 Å². The molecule has 5 nitrogen and oxygen atoms in total. The zero-order valence-corrected chi connectivity index (χ0v) is 13.0. The van der Waals surface area contributed by atoms with E-state index >= 15 is 0 Å². The molecule has 0 radical (unpaired) electrons. The fourth-order valence-corrected chi connectivity index (χ4v) is 2.80. The molecular formula is C18H18N2O3. The van der Waals surface area contributed by atoms with Gasteiger partial charge in [-0.1, -0.05) is 0 Å². The first-order chi connectivity index (χ1) is 11.3. The third kappa shape index (κ3) is 2.92. The second-order valence-corrected chi connectivity index (χ2v) is 5.74. The van der Waals surface area contributed by atoms with Gasteiger partial charge in [0.15, 0.2) is 0 Å². The van der Waals surface area contributed by atoms with Gasteiger partial charge in [0.2, 0.25) is 12.2 Å². The molecule has 0 amide bonds. The van der Waals surface area contributed by atoms with Crippen molar-refractivity contribution in [1.82, 2.24) is 9.97 Å². The summed E-state index contributed by atoms with van der Waals surface area (Å²) >= 11 is 0. The minimum absolute atomic E-state index is 0.226. The molecule has 1 saturated heterocycles. The van der Waals surface area contributed by atoms with E-state index in [9.17, 15) is 0 Å². The first-order valence-electron chi connectivity index (χ1n) is 7.89. The molecule has 3 aromatic rings. The van der Waals surface area contributed by atoms with E-state index in [4.69, 9.17) is 13.9 Å². The number of aryl methyl sites for hydroxylation is 1. The molecule has 4 rings (SSSR count). The predicted octanol–water partition coefficient (Wildman–Crippen LogP) is 4.10. The van der Waals surface area contributed by atoms with Gasteiger partial charge in [0.05, 0.1) is 17.5 Å². The lowest BCUT2D eigenvalue weighted by atomic mass is 10.1. The van der Waals surface area contributed by atoms with E-state index in [0.717, 1.165) is 53.9 Å². The molecule has 3 heterocycles. The Balaban J connectivity index is 1.72. The van der Waals surface area contributed by atoms with E-state index in [-0.39, 0.29) is 6.29 Å². The van der Waals surface area contributed by atoms with Crippen LogP contribution >= 0.6 is 0 Å². The summed E-state index contributed by atoms with van der Waals surface area (Å²) in [5, 5.41) is 0.869. The maximum absolute atomic E-state index is 5.96. The Labute approximate surface area is 134 Å². The molecule has 1 atom stereocenters. The zero-order valence-electron chi connectivity index (χ0n) is 13.0. The van der Waals surface area contributed by atoms with Gasteiger partial charge in [-0.25, -0.2) is 9.97 Å². The van der Waals surface area contributed by atoms with Crippen molar-refractivity contribution in [2.75, 3.05) is 6.61 Å². The zero-order chi connectivity index (χ0) is 15.6. The summed E-state index contributed by atoms with van der Waals surface area (Å²) in [5.74, 6) is 2.27. The molecule has 23 heavy (non-hydrogen) atoms. The Kier molecular flexibility index (Phi) is 3.71. The van der Waals surface area contributed by atoms with E-state index in [1.165, 1.54) is 6.33 Å². The topological polar surface area (TPSA) is 57.4 Å². The molecule has 1 fully saturated rings. The van der Waals surface area contributed by atoms with Crippen molar-refractivity contribution in [1.29, 1.82) is 0 Å². The number of benzene rings is 1. The number of hydrogen-bond acceptors (Lipinski definition) is 5. The minimum atomic E-state index is -0.226. The van der Waals surface area contributed by atoms with Gasteiger partial charge in [-0.15, -0.1) is 0 Å². The van der Waals surface area contributed by atoms with Crippen LogP contribution < -0.4 is 4.74 Å². The highest BCUT2D eigenvalue weighted by Crippen LogP contribution is 2.30. The summed E-state index contributed by atoms with van der Waals surface area (Å²) < 4.78 is 17.3. The Morgan fingerprint density at radius 3 is 2.87 bits per heavy atom. The number of hydrogen-bond donors (Lipinski definition) is 0. The van der Waals surface area contributed by atoms with Crippen LogP contribution in [0.15, 0.2) is 41.1 Å². The smallest absolute Gasteiger partial charge is 0.226 e. The second-order valence-electron chi connectivity index (χ2n) is 5.74. The highest BCUT2D eigenvalue weighted by atomic mass is 16.7. The monoisotopic (exact) mass is 310 g/mol. The van der Waals surface area contributed by atoms with Crippen LogP contribution in [0.4, 0.5) is 0 Å². The molecule has 0 N–H and O–H groups in total. The average Bonchev–Trinajstić information content (AvgIpc) is 3.02. The predicted molar refractivity (Wildman–Crippen MR) is 86.2 cm³/mol. The summed E-state index contributed by atoms with van der Waals surface area (Å²) in [4.78, 5) is 8.61. The summed E-state index contributed by atoms with van der Waals surface area (Å²) in [6.45, 7) is 2.67. The quantitative estimate of drug-likeness (QED) is 0.729. The molecular weight excluding hydrogens is 292 g/mol. The van der Waals surface area contributed by atoms with Crippen LogP contribution in [0, 0.1) is 6.92 Å². The van der Waals surface area contributed by atoms with Gasteiger partial charge in [-0.2, -0.15) is 0 Å². The van der Waals surface area contributed by atoms with Crippen LogP contribution in [0.25, 0.3) is 22.2 Å². The number of furan rings is 1. The minimum Gasteiger partial charge on any atom is -0.461 e. The Morgan fingerprint density at radius 1 is 1.13 bits per heavy atom. The fraction of sp³-hybridized carbons (Fsp3) is 0.333. The highest BCUT2D eigenvalue weighted by molar-refractivity contribution is 5.87. The largest absolute Gasteiger partial charge is 0.461 e. The Hall–Kier alpha value is -2.40. The van der Waals surface area contributed by atoms with Crippen LogP contribution in [-0.2, 0) is 4.74 Å². The van der Waals surface area contributed by atoms with Gasteiger partial charge in [0, 0.05) is 12.0 Å². The van der Waals surface area contributed by atoms with Gasteiger partial charge >= 0.3 is 0 Å². The van der Waals surface area contributed by atoms with E-state index in [0.29, 0.717) is 5.88 Å². The maximum atomic E-state index is 5.96. The maximum Gasteiger partial charge on any atom is 0.226 e. The summed E-state index contributed by atoms with van der Waals surface area (Å²) in [7, 11) is 0. The van der Waals surface area contributed by atoms with Gasteiger partial charge in [-0.3, -0.25) is 0 Å². The summed E-state index contributed by atoms with van der Waals surface area (Å²) in [6, 6.07) is 9.87. The molecule has 5 heteroatoms. The number of nitrogens with zero attached hydrogens (tertiary/aromatic N) is 2. The van der Waals surface area contributed by atoms with Crippen molar-refractivity contribution in [3.8, 4) is 17.2 Å². The average molecular weight is 310 g/mol. The fourth-order valence-electron chi connectivity index (χ4n) is 2.80. The van der Waals surface area contributed by atoms with Crippen LogP contribution in [0.2, 0.25) is 0 Å². The molecule has 2 aromatic heterocycles. The number of fused-ring (bicyclic) bond motifs is 1. The van der Waals surface area contributed by atoms with Crippen molar-refractivity contribution in [2.24, 2.45) is 0 Å². The highest BCUT2D eigenvalue weighted by Gasteiger charge is 2.18. The molecule has 0 spiro atoms. The van der Waals surface area contributed by atoms with E-state index in [1.54, 1.807) is 0 Å². The van der Waals surface area contributed by atoms with Gasteiger partial charge in [0.25, 0.3) is 0 Å². The van der Waals surface area contributed by atoms with Crippen molar-refractivity contribution < 1.29 is 13.9 Å². The molecule has 0 bridgehead atoms. The lowest BCUT2D eigenvalue weighted by Crippen LogP contribution is -2.25. The van der Waals surface area contributed by atoms with Gasteiger partial charge in [0.1, 0.15) is 17.8 Å². The summed E-state index contributed by atoms with van der Waals surface area (Å²) in [5.41, 5.74) is 1.83. The number of ether oxygens (including phenoxy) is 2. The lowest BCUT2D eigenvalue weighted by molar-refractivity contribution is -0.107. The lowest BCUT2D eigenvalue weighted by Gasteiger charge is -2.23. The second kappa shape index (κ2) is 6.01. The molecule has 1 aliphatic heterocycles. The van der Waals surface area contributed by atoms with Crippen molar-refractivity contribution >= 4 is 10.9 Å². The SMILES string of the molecule is Cc1ccc(-c2ccc3ncnc(OC4CCCCO4)c3c2)o1. The molecule has 0 saturated carbocycles. The molecule has 0 aliphatic carbocycles. The van der Waals surface area contributed by atoms with Gasteiger partial charge < -0.3 is 13.9 Å². The third-order valence-electron chi connectivity index (χ3n) is 4.00. The standard InChI is InChI=1S/C18H18N2O3/c1-12-5-8-16(22-12)13-6-7-15-14(10-13)18(20-11-19-15)23-17-4-2-3-9-21-17/h5-8,10-11,17H,2-4,9H2,1H3. The van der Waals surface area contributed by atoms with Crippen LogP contribution in [0.1, 0.15) is 25.0 Å². The normalized spacial score (nSPS) is 18.2. The van der Waals surface area contributed by atoms with Gasteiger partial charge in [-0.05, 0) is 50.1 Å². The number of aromatic nitrogens is 2. The van der Waals surface area contributed by atoms with Crippen LogP contribution in [-0.4, -0.2) is 22.9 Å². The van der Waals surface area contributed by atoms with E-state index < -0.39 is 0 Å². The van der Waals surface area contributed by atoms with E-state index in [2.05, 4.69) is 9.97 Å². The van der Waals surface area contributed by atoms with E-state index in [1.807, 2.05) is 37.3 Å². The van der Waals surface area contributed by atoms with Crippen LogP contribution in [0.5, 0.6) is 5.88 Å². The Morgan fingerprint density at radius 2 is 2.09 bits per heavy atom. The first kappa shape index (κ1) is 14.2.